The molecule has 0 spiro atoms. The van der Waals surface area contributed by atoms with Gasteiger partial charge in [0.2, 0.25) is 0 Å². The van der Waals surface area contributed by atoms with Gasteiger partial charge in [-0.1, -0.05) is 38.2 Å². The van der Waals surface area contributed by atoms with Crippen LogP contribution in [-0.4, -0.2) is 81.9 Å². The number of epoxide rings is 1. The van der Waals surface area contributed by atoms with Crippen molar-refractivity contribution >= 4 is 23.9 Å². The number of carbonyl (C=O) groups excluding carboxylic acids is 4. The van der Waals surface area contributed by atoms with Crippen molar-refractivity contribution in [3.63, 3.8) is 0 Å². The lowest BCUT2D eigenvalue weighted by molar-refractivity contribution is -0.211. The Balaban J connectivity index is 2.84. The molecule has 1 aliphatic carbocycles. The first-order valence-corrected chi connectivity index (χ1v) is 14.7. The second kappa shape index (κ2) is 14.2. The number of fused-ring (bicyclic) bond motifs is 1. The number of aliphatic hydroxyl groups excluding tert-OH is 1. The summed E-state index contributed by atoms with van der Waals surface area (Å²) >= 11 is 0. The summed E-state index contributed by atoms with van der Waals surface area (Å²) in [5.74, 6) is -4.19. The van der Waals surface area contributed by atoms with E-state index >= 15 is 0 Å². The van der Waals surface area contributed by atoms with Gasteiger partial charge in [0, 0.05) is 24.0 Å². The number of hydrogen-bond acceptors (Lipinski definition) is 11. The van der Waals surface area contributed by atoms with Crippen LogP contribution in [-0.2, 0) is 42.9 Å². The molecule has 0 amide bonds. The third-order valence-electron chi connectivity index (χ3n) is 8.65. The highest BCUT2D eigenvalue weighted by Gasteiger charge is 2.71. The van der Waals surface area contributed by atoms with Gasteiger partial charge in [0.1, 0.15) is 23.4 Å². The molecule has 1 saturated carbocycles. The van der Waals surface area contributed by atoms with E-state index < -0.39 is 83.5 Å². The standard InChI is InChI=1S/C32H48O11/c1-12-17(6)28(35)40-23-21(16(4)5)15-22(34)31(10,38)25(41-29(36)18(7)13-2)24(39-20(9)33)27-32(11,43-27)26(23)42-30(37)19(8)14-3/h13-14,17,21-27,34,38H,4,12,15H2,1-3,5-11H3/b18-13-,19-14-/t17-,21-,22-,23+,24-,25+,26+,27+,31+,32-/m1/s1. The van der Waals surface area contributed by atoms with Crippen LogP contribution in [0, 0.1) is 11.8 Å². The van der Waals surface area contributed by atoms with Crippen molar-refractivity contribution in [2.75, 3.05) is 0 Å². The molecule has 0 unspecified atom stereocenters. The van der Waals surface area contributed by atoms with Crippen molar-refractivity contribution in [1.29, 1.82) is 0 Å². The van der Waals surface area contributed by atoms with E-state index in [2.05, 4.69) is 6.58 Å². The number of rotatable bonds is 9. The maximum Gasteiger partial charge on any atom is 0.333 e. The molecule has 2 fully saturated rings. The summed E-state index contributed by atoms with van der Waals surface area (Å²) in [6.45, 7) is 19.6. The largest absolute Gasteiger partial charge is 0.457 e. The van der Waals surface area contributed by atoms with Crippen molar-refractivity contribution in [3.8, 4) is 0 Å². The fourth-order valence-corrected chi connectivity index (χ4v) is 5.07. The van der Waals surface area contributed by atoms with Gasteiger partial charge in [0.25, 0.3) is 0 Å². The minimum atomic E-state index is -2.19. The van der Waals surface area contributed by atoms with Crippen molar-refractivity contribution in [2.24, 2.45) is 11.8 Å². The van der Waals surface area contributed by atoms with E-state index in [1.165, 1.54) is 19.9 Å². The van der Waals surface area contributed by atoms with Crippen LogP contribution in [0.25, 0.3) is 0 Å². The maximum atomic E-state index is 13.2. The first kappa shape index (κ1) is 36.2. The van der Waals surface area contributed by atoms with E-state index in [0.717, 1.165) is 6.92 Å². The van der Waals surface area contributed by atoms with Gasteiger partial charge in [-0.3, -0.25) is 9.59 Å². The molecule has 0 bridgehead atoms. The predicted octanol–water partition coefficient (Wildman–Crippen LogP) is 3.50. The Morgan fingerprint density at radius 1 is 0.930 bits per heavy atom. The van der Waals surface area contributed by atoms with Crippen LogP contribution in [0.5, 0.6) is 0 Å². The van der Waals surface area contributed by atoms with E-state index in [1.807, 2.05) is 6.92 Å². The second-order valence-corrected chi connectivity index (χ2v) is 12.0. The number of esters is 4. The predicted molar refractivity (Wildman–Crippen MR) is 156 cm³/mol. The maximum absolute atomic E-state index is 13.2. The molecule has 242 valence electrons. The van der Waals surface area contributed by atoms with Gasteiger partial charge in [-0.05, 0) is 61.3 Å². The van der Waals surface area contributed by atoms with Crippen LogP contribution in [0.1, 0.15) is 82.1 Å². The average molecular weight is 609 g/mol. The van der Waals surface area contributed by atoms with Crippen LogP contribution in [0.4, 0.5) is 0 Å². The summed E-state index contributed by atoms with van der Waals surface area (Å²) in [4.78, 5) is 51.7. The lowest BCUT2D eigenvalue weighted by atomic mass is 9.74. The second-order valence-electron chi connectivity index (χ2n) is 12.0. The lowest BCUT2D eigenvalue weighted by Crippen LogP contribution is -2.62. The summed E-state index contributed by atoms with van der Waals surface area (Å²) in [5, 5.41) is 23.4. The van der Waals surface area contributed by atoms with E-state index in [0.29, 0.717) is 12.0 Å². The van der Waals surface area contributed by atoms with Crippen molar-refractivity contribution < 1.29 is 53.1 Å². The average Bonchev–Trinajstić information content (AvgIpc) is 3.64. The van der Waals surface area contributed by atoms with E-state index in [1.54, 1.807) is 47.6 Å². The zero-order chi connectivity index (χ0) is 33.0. The topological polar surface area (TPSA) is 158 Å². The molecule has 2 rings (SSSR count). The number of hydrogen-bond donors (Lipinski definition) is 2. The Morgan fingerprint density at radius 2 is 1.44 bits per heavy atom. The third kappa shape index (κ3) is 7.93. The summed E-state index contributed by atoms with van der Waals surface area (Å²) in [6.07, 6.45) is -4.99. The van der Waals surface area contributed by atoms with E-state index in [-0.39, 0.29) is 17.6 Å². The number of carbonyl (C=O) groups is 4. The number of allylic oxidation sites excluding steroid dienone is 2. The van der Waals surface area contributed by atoms with Gasteiger partial charge in [0.15, 0.2) is 18.3 Å². The minimum Gasteiger partial charge on any atom is -0.457 e. The first-order chi connectivity index (χ1) is 19.9. The van der Waals surface area contributed by atoms with E-state index in [4.69, 9.17) is 23.7 Å². The number of ether oxygens (including phenoxy) is 5. The molecule has 1 heterocycles. The molecule has 11 heteroatoms. The number of aliphatic hydroxyl groups is 2. The molecule has 0 radical (unpaired) electrons. The SMILES string of the molecule is C=C(C)[C@H]1C[C@@H](O)[C@](C)(O)[C@@H](OC(=O)/C(C)=C\C)[C@@H](OC(C)=O)[C@@H]2O[C@]2(C)[C@@H](OC(=O)/C(C)=C\C)[C@H]1OC(=O)[C@H](C)CC. The van der Waals surface area contributed by atoms with Crippen molar-refractivity contribution in [2.45, 2.75) is 130 Å². The van der Waals surface area contributed by atoms with Gasteiger partial charge in [0.05, 0.1) is 12.0 Å². The normalized spacial score (nSPS) is 35.5. The Hall–Kier alpha value is -3.02. The van der Waals surface area contributed by atoms with Crippen molar-refractivity contribution in [1.82, 2.24) is 0 Å². The van der Waals surface area contributed by atoms with Crippen LogP contribution in [0.3, 0.4) is 0 Å². The molecule has 1 aliphatic heterocycles. The molecular weight excluding hydrogens is 560 g/mol. The zero-order valence-electron chi connectivity index (χ0n) is 27.0. The minimum absolute atomic E-state index is 0.217. The molecule has 1 saturated heterocycles. The Kier molecular flexibility index (Phi) is 11.9. The molecule has 2 N–H and O–H groups in total. The van der Waals surface area contributed by atoms with Gasteiger partial charge < -0.3 is 33.9 Å². The molecule has 10 atom stereocenters. The van der Waals surface area contributed by atoms with Crippen LogP contribution in [0.2, 0.25) is 0 Å². The highest BCUT2D eigenvalue weighted by Crippen LogP contribution is 2.51. The highest BCUT2D eigenvalue weighted by atomic mass is 16.7. The summed E-state index contributed by atoms with van der Waals surface area (Å²) < 4.78 is 29.5. The fraction of sp³-hybridized carbons (Fsp3) is 0.688. The smallest absolute Gasteiger partial charge is 0.333 e. The lowest BCUT2D eigenvalue weighted by Gasteiger charge is -2.44. The quantitative estimate of drug-likeness (QED) is 0.130. The van der Waals surface area contributed by atoms with Crippen LogP contribution < -0.4 is 0 Å². The van der Waals surface area contributed by atoms with Crippen LogP contribution >= 0.6 is 0 Å². The summed E-state index contributed by atoms with van der Waals surface area (Å²) in [5.41, 5.74) is -2.67. The first-order valence-electron chi connectivity index (χ1n) is 14.7. The fourth-order valence-electron chi connectivity index (χ4n) is 5.07. The molecule has 43 heavy (non-hydrogen) atoms. The van der Waals surface area contributed by atoms with Crippen LogP contribution in [0.15, 0.2) is 35.5 Å². The molecule has 0 aromatic carbocycles. The summed E-state index contributed by atoms with van der Waals surface area (Å²) in [6, 6.07) is 0. The van der Waals surface area contributed by atoms with Crippen molar-refractivity contribution in [3.05, 3.63) is 35.5 Å². The molecule has 0 aromatic rings. The monoisotopic (exact) mass is 608 g/mol. The van der Waals surface area contributed by atoms with Gasteiger partial charge in [-0.25, -0.2) is 9.59 Å². The molecule has 2 aliphatic rings. The molecular formula is C32H48O11. The summed E-state index contributed by atoms with van der Waals surface area (Å²) in [7, 11) is 0. The van der Waals surface area contributed by atoms with E-state index in [9.17, 15) is 29.4 Å². The van der Waals surface area contributed by atoms with Gasteiger partial charge >= 0.3 is 23.9 Å². The Morgan fingerprint density at radius 3 is 1.88 bits per heavy atom. The van der Waals surface area contributed by atoms with Gasteiger partial charge in [-0.15, -0.1) is 0 Å². The Bertz CT molecular complexity index is 1150. The molecule has 0 aromatic heterocycles. The molecule has 11 nitrogen and oxygen atoms in total. The zero-order valence-corrected chi connectivity index (χ0v) is 27.0. The highest BCUT2D eigenvalue weighted by molar-refractivity contribution is 5.88. The third-order valence-corrected chi connectivity index (χ3v) is 8.65. The Labute approximate surface area is 254 Å². The van der Waals surface area contributed by atoms with Gasteiger partial charge in [-0.2, -0.15) is 0 Å².